The van der Waals surface area contributed by atoms with Gasteiger partial charge in [0.2, 0.25) is 0 Å². The van der Waals surface area contributed by atoms with Crippen molar-refractivity contribution in [3.05, 3.63) is 24.0 Å². The lowest BCUT2D eigenvalue weighted by Gasteiger charge is -2.03. The van der Waals surface area contributed by atoms with Crippen LogP contribution in [-0.2, 0) is 0 Å². The minimum atomic E-state index is -1.56. The summed E-state index contributed by atoms with van der Waals surface area (Å²) in [5.74, 6) is 0.252. The molecule has 0 saturated heterocycles. The fourth-order valence-corrected chi connectivity index (χ4v) is 1.06. The Labute approximate surface area is 93.1 Å². The van der Waals surface area contributed by atoms with Crippen molar-refractivity contribution in [2.75, 3.05) is 12.3 Å². The summed E-state index contributed by atoms with van der Waals surface area (Å²) in [7, 11) is -1.56. The molecule has 3 N–H and O–H groups in total. The molecule has 1 aromatic heterocycles. The second-order valence-electron chi connectivity index (χ2n) is 2.83. The number of aromatic nitrogens is 1. The van der Waals surface area contributed by atoms with Gasteiger partial charge in [0.25, 0.3) is 5.91 Å². The van der Waals surface area contributed by atoms with E-state index in [9.17, 15) is 4.79 Å². The third kappa shape index (κ3) is 3.54. The van der Waals surface area contributed by atoms with E-state index in [1.165, 1.54) is 18.3 Å². The maximum atomic E-state index is 11.4. The summed E-state index contributed by atoms with van der Waals surface area (Å²) in [5, 5.41) is 20.2. The number of amides is 1. The van der Waals surface area contributed by atoms with Crippen molar-refractivity contribution < 1.29 is 14.8 Å². The first kappa shape index (κ1) is 12.0. The molecule has 1 heterocycles. The summed E-state index contributed by atoms with van der Waals surface area (Å²) in [6.07, 6.45) is 1.25. The molecule has 5 nitrogen and oxygen atoms in total. The lowest BCUT2D eigenvalue weighted by Crippen LogP contribution is -2.31. The molecular weight excluding hydrogens is 215 g/mol. The van der Waals surface area contributed by atoms with E-state index in [2.05, 4.69) is 22.9 Å². The Kier molecular flexibility index (Phi) is 4.60. The highest BCUT2D eigenvalue weighted by Gasteiger charge is 2.12. The standard InChI is InChI=1S/C8H11BN2O3S/c12-8(10-3-4-15)7-2-1-6(5-11-7)9(13)14/h1-2,5,13-15H,3-4H2,(H,10,12). The highest BCUT2D eigenvalue weighted by Crippen LogP contribution is 1.92. The van der Waals surface area contributed by atoms with Crippen LogP contribution in [0.5, 0.6) is 0 Å². The van der Waals surface area contributed by atoms with Crippen molar-refractivity contribution in [3.63, 3.8) is 0 Å². The van der Waals surface area contributed by atoms with Crippen molar-refractivity contribution >= 4 is 31.1 Å². The third-order valence-electron chi connectivity index (χ3n) is 1.71. The quantitative estimate of drug-likeness (QED) is 0.369. The van der Waals surface area contributed by atoms with Gasteiger partial charge in [0, 0.05) is 24.0 Å². The number of pyridine rings is 1. The number of carbonyl (C=O) groups is 1. The molecule has 1 aromatic rings. The summed E-state index contributed by atoms with van der Waals surface area (Å²) in [6, 6.07) is 2.87. The smallest absolute Gasteiger partial charge is 0.423 e. The van der Waals surface area contributed by atoms with Gasteiger partial charge in [-0.1, -0.05) is 6.07 Å². The molecule has 7 heteroatoms. The lowest BCUT2D eigenvalue weighted by atomic mass is 9.82. The van der Waals surface area contributed by atoms with Crippen LogP contribution in [0.2, 0.25) is 0 Å². The molecule has 0 unspecified atom stereocenters. The molecule has 0 saturated carbocycles. The molecule has 0 aliphatic carbocycles. The zero-order valence-corrected chi connectivity index (χ0v) is 8.82. The number of carbonyl (C=O) groups excluding carboxylic acids is 1. The third-order valence-corrected chi connectivity index (χ3v) is 1.94. The minimum absolute atomic E-state index is 0.237. The molecule has 1 amide bonds. The highest BCUT2D eigenvalue weighted by molar-refractivity contribution is 7.80. The van der Waals surface area contributed by atoms with Crippen LogP contribution in [0.4, 0.5) is 0 Å². The number of hydrogen-bond donors (Lipinski definition) is 4. The molecule has 0 aromatic carbocycles. The summed E-state index contributed by atoms with van der Waals surface area (Å²) >= 11 is 3.95. The predicted molar refractivity (Wildman–Crippen MR) is 60.2 cm³/mol. The fourth-order valence-electron chi connectivity index (χ4n) is 0.952. The Morgan fingerprint density at radius 2 is 2.27 bits per heavy atom. The largest absolute Gasteiger partial charge is 0.490 e. The monoisotopic (exact) mass is 226 g/mol. The Bertz CT molecular complexity index is 331. The number of nitrogens with zero attached hydrogens (tertiary/aromatic N) is 1. The van der Waals surface area contributed by atoms with E-state index in [0.29, 0.717) is 12.3 Å². The first-order valence-electron chi connectivity index (χ1n) is 4.36. The van der Waals surface area contributed by atoms with Crippen molar-refractivity contribution in [2.45, 2.75) is 0 Å². The Balaban J connectivity index is 2.67. The van der Waals surface area contributed by atoms with E-state index < -0.39 is 7.12 Å². The summed E-state index contributed by atoms with van der Waals surface area (Å²) in [4.78, 5) is 15.1. The van der Waals surface area contributed by atoms with Gasteiger partial charge in [0.1, 0.15) is 5.69 Å². The van der Waals surface area contributed by atoms with Crippen LogP contribution >= 0.6 is 12.6 Å². The molecule has 0 aliphatic heterocycles. The number of thiol groups is 1. The van der Waals surface area contributed by atoms with Crippen LogP contribution in [-0.4, -0.2) is 40.4 Å². The topological polar surface area (TPSA) is 82.5 Å². The maximum absolute atomic E-state index is 11.4. The van der Waals surface area contributed by atoms with E-state index in [0.717, 1.165) is 0 Å². The van der Waals surface area contributed by atoms with Crippen molar-refractivity contribution in [1.29, 1.82) is 0 Å². The predicted octanol–water partition coefficient (Wildman–Crippen LogP) is -1.58. The van der Waals surface area contributed by atoms with Crippen LogP contribution in [0, 0.1) is 0 Å². The summed E-state index contributed by atoms with van der Waals surface area (Å²) < 4.78 is 0. The molecular formula is C8H11BN2O3S. The van der Waals surface area contributed by atoms with Crippen molar-refractivity contribution in [3.8, 4) is 0 Å². The van der Waals surface area contributed by atoms with Gasteiger partial charge >= 0.3 is 7.12 Å². The summed E-state index contributed by atoms with van der Waals surface area (Å²) in [5.41, 5.74) is 0.488. The zero-order valence-electron chi connectivity index (χ0n) is 7.92. The molecule has 0 spiro atoms. The fraction of sp³-hybridized carbons (Fsp3) is 0.250. The maximum Gasteiger partial charge on any atom is 0.490 e. The van der Waals surface area contributed by atoms with Gasteiger partial charge in [-0.15, -0.1) is 0 Å². The normalized spacial score (nSPS) is 9.80. The molecule has 0 fully saturated rings. The van der Waals surface area contributed by atoms with Crippen molar-refractivity contribution in [2.24, 2.45) is 0 Å². The molecule has 0 radical (unpaired) electrons. The minimum Gasteiger partial charge on any atom is -0.423 e. The SMILES string of the molecule is O=C(NCCS)c1ccc(B(O)O)cn1. The molecule has 0 bridgehead atoms. The Morgan fingerprint density at radius 1 is 1.53 bits per heavy atom. The van der Waals surface area contributed by atoms with Crippen LogP contribution < -0.4 is 10.8 Å². The molecule has 0 atom stereocenters. The van der Waals surface area contributed by atoms with E-state index in [1.54, 1.807) is 0 Å². The van der Waals surface area contributed by atoms with E-state index in [-0.39, 0.29) is 17.1 Å². The van der Waals surface area contributed by atoms with Crippen LogP contribution in [0.1, 0.15) is 10.5 Å². The average molecular weight is 226 g/mol. The van der Waals surface area contributed by atoms with Gasteiger partial charge in [-0.3, -0.25) is 9.78 Å². The summed E-state index contributed by atoms with van der Waals surface area (Å²) in [6.45, 7) is 0.466. The van der Waals surface area contributed by atoms with Gasteiger partial charge in [-0.05, 0) is 6.07 Å². The van der Waals surface area contributed by atoms with Gasteiger partial charge in [-0.25, -0.2) is 0 Å². The Morgan fingerprint density at radius 3 is 2.73 bits per heavy atom. The molecule has 1 rings (SSSR count). The zero-order chi connectivity index (χ0) is 11.3. The van der Waals surface area contributed by atoms with E-state index in [1.807, 2.05) is 0 Å². The first-order chi connectivity index (χ1) is 7.15. The first-order valence-corrected chi connectivity index (χ1v) is 4.99. The van der Waals surface area contributed by atoms with Gasteiger partial charge in [-0.2, -0.15) is 12.6 Å². The number of nitrogens with one attached hydrogen (secondary N) is 1. The van der Waals surface area contributed by atoms with E-state index >= 15 is 0 Å². The van der Waals surface area contributed by atoms with Crippen LogP contribution in [0.25, 0.3) is 0 Å². The van der Waals surface area contributed by atoms with Gasteiger partial charge in [0.05, 0.1) is 0 Å². The highest BCUT2D eigenvalue weighted by atomic mass is 32.1. The lowest BCUT2D eigenvalue weighted by molar-refractivity contribution is 0.0951. The Hall–Kier alpha value is -1.05. The second kappa shape index (κ2) is 5.74. The van der Waals surface area contributed by atoms with Gasteiger partial charge in [0.15, 0.2) is 0 Å². The molecule has 0 aliphatic rings. The average Bonchev–Trinajstić information content (AvgIpc) is 2.26. The van der Waals surface area contributed by atoms with Crippen molar-refractivity contribution in [1.82, 2.24) is 10.3 Å². The molecule has 80 valence electrons. The molecule has 15 heavy (non-hydrogen) atoms. The second-order valence-corrected chi connectivity index (χ2v) is 3.28. The van der Waals surface area contributed by atoms with Crippen LogP contribution in [0.3, 0.4) is 0 Å². The number of rotatable bonds is 4. The number of hydrogen-bond acceptors (Lipinski definition) is 5. The van der Waals surface area contributed by atoms with E-state index in [4.69, 9.17) is 10.0 Å². The van der Waals surface area contributed by atoms with Crippen LogP contribution in [0.15, 0.2) is 18.3 Å². The van der Waals surface area contributed by atoms with Gasteiger partial charge < -0.3 is 15.4 Å².